The molecule has 0 heterocycles. The molecule has 1 aromatic carbocycles. The fourth-order valence-electron chi connectivity index (χ4n) is 1.30. The van der Waals surface area contributed by atoms with Crippen molar-refractivity contribution in [3.8, 4) is 5.75 Å². The molecule has 0 saturated carbocycles. The topological polar surface area (TPSA) is 47.3 Å². The molecule has 0 bridgehead atoms. The van der Waals surface area contributed by atoms with Gasteiger partial charge in [0.25, 0.3) is 0 Å². The highest BCUT2D eigenvalue weighted by atomic mass is 35.5. The van der Waals surface area contributed by atoms with Crippen LogP contribution in [0.1, 0.15) is 20.3 Å². The largest absolute Gasteiger partial charge is 0.489 e. The van der Waals surface area contributed by atoms with E-state index in [1.807, 2.05) is 32.0 Å². The van der Waals surface area contributed by atoms with Crippen LogP contribution in [0.3, 0.4) is 0 Å². The lowest BCUT2D eigenvalue weighted by Gasteiger charge is -2.13. The Labute approximate surface area is 102 Å². The van der Waals surface area contributed by atoms with E-state index in [1.54, 1.807) is 0 Å². The summed E-state index contributed by atoms with van der Waals surface area (Å²) in [6.07, 6.45) is 1.08. The van der Waals surface area contributed by atoms with Gasteiger partial charge >= 0.3 is 0 Å². The standard InChI is InChI=1S/C12H19ClN2O/c1-9(2)16-12-5-4-10(8-11(12)13)15-7-3-6-14/h4-5,8-9,15H,3,6-7,14H2,1-2H3. The number of nitrogens with two attached hydrogens (primary N) is 1. The van der Waals surface area contributed by atoms with Gasteiger partial charge in [-0.05, 0) is 45.0 Å². The van der Waals surface area contributed by atoms with Crippen molar-refractivity contribution in [2.24, 2.45) is 5.73 Å². The summed E-state index contributed by atoms with van der Waals surface area (Å²) in [6, 6.07) is 5.71. The van der Waals surface area contributed by atoms with Gasteiger partial charge < -0.3 is 15.8 Å². The summed E-state index contributed by atoms with van der Waals surface area (Å²) < 4.78 is 5.55. The molecule has 0 spiro atoms. The summed E-state index contributed by atoms with van der Waals surface area (Å²) in [4.78, 5) is 0. The summed E-state index contributed by atoms with van der Waals surface area (Å²) in [7, 11) is 0. The molecule has 0 aliphatic rings. The van der Waals surface area contributed by atoms with Crippen LogP contribution in [0.5, 0.6) is 5.75 Å². The van der Waals surface area contributed by atoms with Gasteiger partial charge in [0.1, 0.15) is 5.75 Å². The summed E-state index contributed by atoms with van der Waals surface area (Å²) in [5.41, 5.74) is 6.41. The third-order valence-corrected chi connectivity index (χ3v) is 2.30. The number of halogens is 1. The van der Waals surface area contributed by atoms with Gasteiger partial charge in [0, 0.05) is 12.2 Å². The molecule has 90 valence electrons. The lowest BCUT2D eigenvalue weighted by atomic mass is 10.3. The van der Waals surface area contributed by atoms with Gasteiger partial charge in [0.15, 0.2) is 0 Å². The van der Waals surface area contributed by atoms with E-state index in [0.29, 0.717) is 11.6 Å². The smallest absolute Gasteiger partial charge is 0.138 e. The molecule has 0 unspecified atom stereocenters. The van der Waals surface area contributed by atoms with Crippen molar-refractivity contribution in [1.29, 1.82) is 0 Å². The van der Waals surface area contributed by atoms with Gasteiger partial charge in [-0.25, -0.2) is 0 Å². The van der Waals surface area contributed by atoms with Crippen molar-refractivity contribution in [3.63, 3.8) is 0 Å². The van der Waals surface area contributed by atoms with Crippen LogP contribution in [0, 0.1) is 0 Å². The van der Waals surface area contributed by atoms with Crippen molar-refractivity contribution in [1.82, 2.24) is 0 Å². The summed E-state index contributed by atoms with van der Waals surface area (Å²) in [6.45, 7) is 5.50. The molecule has 0 radical (unpaired) electrons. The van der Waals surface area contributed by atoms with Crippen LogP contribution in [0.4, 0.5) is 5.69 Å². The molecule has 0 aliphatic carbocycles. The number of rotatable bonds is 6. The van der Waals surface area contributed by atoms with Gasteiger partial charge in [-0.15, -0.1) is 0 Å². The van der Waals surface area contributed by atoms with Crippen LogP contribution in [0.25, 0.3) is 0 Å². The van der Waals surface area contributed by atoms with Crippen molar-refractivity contribution >= 4 is 17.3 Å². The average Bonchev–Trinajstić information content (AvgIpc) is 2.22. The zero-order valence-corrected chi connectivity index (χ0v) is 10.6. The van der Waals surface area contributed by atoms with E-state index in [9.17, 15) is 0 Å². The van der Waals surface area contributed by atoms with Gasteiger partial charge in [-0.3, -0.25) is 0 Å². The van der Waals surface area contributed by atoms with E-state index in [4.69, 9.17) is 22.1 Å². The van der Waals surface area contributed by atoms with Gasteiger partial charge in [-0.1, -0.05) is 11.6 Å². The molecule has 0 saturated heterocycles. The summed E-state index contributed by atoms with van der Waals surface area (Å²) in [5, 5.41) is 3.88. The number of ether oxygens (including phenoxy) is 1. The Morgan fingerprint density at radius 3 is 2.75 bits per heavy atom. The maximum absolute atomic E-state index is 6.10. The molecule has 0 aliphatic heterocycles. The predicted octanol–water partition coefficient (Wildman–Crippen LogP) is 2.89. The number of hydrogen-bond acceptors (Lipinski definition) is 3. The van der Waals surface area contributed by atoms with Crippen LogP contribution in [0.2, 0.25) is 5.02 Å². The van der Waals surface area contributed by atoms with E-state index in [0.717, 1.165) is 24.4 Å². The quantitative estimate of drug-likeness (QED) is 0.754. The average molecular weight is 243 g/mol. The lowest BCUT2D eigenvalue weighted by Crippen LogP contribution is -2.09. The molecular formula is C12H19ClN2O. The predicted molar refractivity (Wildman–Crippen MR) is 69.4 cm³/mol. The molecule has 4 heteroatoms. The highest BCUT2D eigenvalue weighted by Crippen LogP contribution is 2.28. The van der Waals surface area contributed by atoms with Crippen LogP contribution >= 0.6 is 11.6 Å². The fourth-order valence-corrected chi connectivity index (χ4v) is 1.52. The van der Waals surface area contributed by atoms with Gasteiger partial charge in [0.05, 0.1) is 11.1 Å². The Morgan fingerprint density at radius 2 is 2.19 bits per heavy atom. The van der Waals surface area contributed by atoms with Crippen molar-refractivity contribution in [3.05, 3.63) is 23.2 Å². The fraction of sp³-hybridized carbons (Fsp3) is 0.500. The van der Waals surface area contributed by atoms with E-state index in [1.165, 1.54) is 0 Å². The summed E-state index contributed by atoms with van der Waals surface area (Å²) >= 11 is 6.10. The maximum Gasteiger partial charge on any atom is 0.138 e. The SMILES string of the molecule is CC(C)Oc1ccc(NCCCN)cc1Cl. The zero-order chi connectivity index (χ0) is 12.0. The third-order valence-electron chi connectivity index (χ3n) is 2.00. The Balaban J connectivity index is 2.60. The molecular weight excluding hydrogens is 224 g/mol. The highest BCUT2D eigenvalue weighted by Gasteiger charge is 2.04. The Hall–Kier alpha value is -0.930. The van der Waals surface area contributed by atoms with E-state index in [-0.39, 0.29) is 6.10 Å². The van der Waals surface area contributed by atoms with Gasteiger partial charge in [0.2, 0.25) is 0 Å². The van der Waals surface area contributed by atoms with Gasteiger partial charge in [-0.2, -0.15) is 0 Å². The minimum Gasteiger partial charge on any atom is -0.489 e. The second-order valence-electron chi connectivity index (χ2n) is 3.88. The number of nitrogens with one attached hydrogen (secondary N) is 1. The van der Waals surface area contributed by atoms with Crippen molar-refractivity contribution in [2.75, 3.05) is 18.4 Å². The highest BCUT2D eigenvalue weighted by molar-refractivity contribution is 6.32. The Bertz CT molecular complexity index is 329. The Morgan fingerprint density at radius 1 is 1.44 bits per heavy atom. The Kier molecular flexibility index (Phi) is 5.43. The molecule has 0 fully saturated rings. The van der Waals surface area contributed by atoms with Crippen molar-refractivity contribution < 1.29 is 4.74 Å². The normalized spacial score (nSPS) is 10.6. The zero-order valence-electron chi connectivity index (χ0n) is 9.79. The lowest BCUT2D eigenvalue weighted by molar-refractivity contribution is 0.242. The first-order valence-corrected chi connectivity index (χ1v) is 5.91. The maximum atomic E-state index is 6.10. The van der Waals surface area contributed by atoms with Crippen LogP contribution in [0.15, 0.2) is 18.2 Å². The van der Waals surface area contributed by atoms with E-state index < -0.39 is 0 Å². The molecule has 3 N–H and O–H groups in total. The molecule has 16 heavy (non-hydrogen) atoms. The first kappa shape index (κ1) is 13.1. The van der Waals surface area contributed by atoms with E-state index in [2.05, 4.69) is 5.32 Å². The molecule has 1 aromatic rings. The van der Waals surface area contributed by atoms with Crippen LogP contribution in [-0.2, 0) is 0 Å². The number of hydrogen-bond donors (Lipinski definition) is 2. The monoisotopic (exact) mass is 242 g/mol. The van der Waals surface area contributed by atoms with Crippen LogP contribution < -0.4 is 15.8 Å². The molecule has 3 nitrogen and oxygen atoms in total. The third kappa shape index (κ3) is 4.29. The minimum atomic E-state index is 0.133. The summed E-state index contributed by atoms with van der Waals surface area (Å²) in [5.74, 6) is 0.723. The molecule has 0 amide bonds. The first-order chi connectivity index (χ1) is 7.63. The van der Waals surface area contributed by atoms with Crippen molar-refractivity contribution in [2.45, 2.75) is 26.4 Å². The first-order valence-electron chi connectivity index (χ1n) is 5.53. The number of anilines is 1. The number of benzene rings is 1. The van der Waals surface area contributed by atoms with E-state index >= 15 is 0 Å². The van der Waals surface area contributed by atoms with Crippen LogP contribution in [-0.4, -0.2) is 19.2 Å². The molecule has 1 rings (SSSR count). The molecule has 0 atom stereocenters. The second-order valence-corrected chi connectivity index (χ2v) is 4.29. The second kappa shape index (κ2) is 6.61. The molecule has 0 aromatic heterocycles. The minimum absolute atomic E-state index is 0.133.